The van der Waals surface area contributed by atoms with Gasteiger partial charge >= 0.3 is 5.69 Å². The molecule has 0 atom stereocenters. The highest BCUT2D eigenvalue weighted by molar-refractivity contribution is 5.77. The average molecular weight is 351 g/mol. The van der Waals surface area contributed by atoms with E-state index in [0.717, 1.165) is 17.1 Å². The van der Waals surface area contributed by atoms with E-state index in [9.17, 15) is 9.59 Å². The largest absolute Gasteiger partial charge is 0.332 e. The van der Waals surface area contributed by atoms with E-state index in [2.05, 4.69) is 4.98 Å². The van der Waals surface area contributed by atoms with Crippen molar-refractivity contribution >= 4 is 16.9 Å². The van der Waals surface area contributed by atoms with Gasteiger partial charge in [-0.25, -0.2) is 4.79 Å². The SMILES string of the molecule is CCn1c(=O)c2c(nc3n(-c4ccc(C)cc4)c(C)c(C)n23)n(C)c1=O. The molecular formula is C19H21N5O2. The minimum atomic E-state index is -0.345. The van der Waals surface area contributed by atoms with Crippen LogP contribution in [0.25, 0.3) is 22.6 Å². The molecule has 134 valence electrons. The van der Waals surface area contributed by atoms with Crippen LogP contribution in [0.3, 0.4) is 0 Å². The molecule has 4 rings (SSSR count). The zero-order chi connectivity index (χ0) is 18.7. The summed E-state index contributed by atoms with van der Waals surface area (Å²) in [5.74, 6) is 0.639. The summed E-state index contributed by atoms with van der Waals surface area (Å²) < 4.78 is 6.57. The molecule has 0 spiro atoms. The van der Waals surface area contributed by atoms with Crippen LogP contribution < -0.4 is 11.2 Å². The first-order valence-electron chi connectivity index (χ1n) is 8.63. The number of benzene rings is 1. The molecule has 0 bridgehead atoms. The minimum Gasteiger partial charge on any atom is -0.283 e. The van der Waals surface area contributed by atoms with E-state index in [4.69, 9.17) is 0 Å². The highest BCUT2D eigenvalue weighted by Gasteiger charge is 2.22. The maximum absolute atomic E-state index is 12.9. The van der Waals surface area contributed by atoms with Crippen LogP contribution in [0.4, 0.5) is 0 Å². The molecule has 3 heterocycles. The van der Waals surface area contributed by atoms with Crippen molar-refractivity contribution in [3.8, 4) is 5.69 Å². The molecule has 0 radical (unpaired) electrons. The molecular weight excluding hydrogens is 330 g/mol. The predicted octanol–water partition coefficient (Wildman–Crippen LogP) is 2.08. The lowest BCUT2D eigenvalue weighted by Gasteiger charge is -2.07. The predicted molar refractivity (Wildman–Crippen MR) is 101 cm³/mol. The minimum absolute atomic E-state index is 0.303. The first-order chi connectivity index (χ1) is 12.4. The second kappa shape index (κ2) is 5.45. The van der Waals surface area contributed by atoms with Crippen LogP contribution in [0.5, 0.6) is 0 Å². The molecule has 1 aromatic carbocycles. The van der Waals surface area contributed by atoms with Gasteiger partial charge in [0.05, 0.1) is 0 Å². The Morgan fingerprint density at radius 3 is 2.27 bits per heavy atom. The summed E-state index contributed by atoms with van der Waals surface area (Å²) in [6.07, 6.45) is 0. The molecule has 3 aromatic heterocycles. The fraction of sp³-hybridized carbons (Fsp3) is 0.316. The molecule has 0 aliphatic carbocycles. The second-order valence-corrected chi connectivity index (χ2v) is 6.65. The van der Waals surface area contributed by atoms with E-state index < -0.39 is 0 Å². The summed E-state index contributed by atoms with van der Waals surface area (Å²) >= 11 is 0. The first kappa shape index (κ1) is 16.4. The topological polar surface area (TPSA) is 66.2 Å². The van der Waals surface area contributed by atoms with Gasteiger partial charge in [-0.1, -0.05) is 17.7 Å². The second-order valence-electron chi connectivity index (χ2n) is 6.65. The summed E-state index contributed by atoms with van der Waals surface area (Å²) in [6.45, 7) is 8.14. The van der Waals surface area contributed by atoms with Crippen LogP contribution >= 0.6 is 0 Å². The molecule has 0 N–H and O–H groups in total. The molecule has 0 amide bonds. The Bertz CT molecular complexity index is 1280. The summed E-state index contributed by atoms with van der Waals surface area (Å²) in [5.41, 5.74) is 4.29. The summed E-state index contributed by atoms with van der Waals surface area (Å²) in [4.78, 5) is 30.1. The lowest BCUT2D eigenvalue weighted by Crippen LogP contribution is -2.38. The number of hydrogen-bond acceptors (Lipinski definition) is 3. The van der Waals surface area contributed by atoms with Crippen molar-refractivity contribution in [2.45, 2.75) is 34.2 Å². The van der Waals surface area contributed by atoms with Gasteiger partial charge in [-0.15, -0.1) is 0 Å². The van der Waals surface area contributed by atoms with Gasteiger partial charge < -0.3 is 0 Å². The van der Waals surface area contributed by atoms with Gasteiger partial charge in [0, 0.05) is 30.7 Å². The molecule has 26 heavy (non-hydrogen) atoms. The Morgan fingerprint density at radius 2 is 1.65 bits per heavy atom. The Morgan fingerprint density at radius 1 is 1.00 bits per heavy atom. The summed E-state index contributed by atoms with van der Waals surface area (Å²) in [6, 6.07) is 8.15. The Kier molecular flexibility index (Phi) is 3.44. The van der Waals surface area contributed by atoms with E-state index in [0.29, 0.717) is 23.5 Å². The van der Waals surface area contributed by atoms with Gasteiger partial charge in [-0.2, -0.15) is 4.98 Å². The van der Waals surface area contributed by atoms with Crippen LogP contribution in [0.2, 0.25) is 0 Å². The standard InChI is InChI=1S/C19H21N5O2/c1-6-22-17(25)15-16(21(5)19(22)26)20-18-23(12(3)13(4)24(15)18)14-9-7-11(2)8-10-14/h7-10H,6H2,1-5H3. The van der Waals surface area contributed by atoms with Crippen LogP contribution in [0.15, 0.2) is 33.9 Å². The van der Waals surface area contributed by atoms with E-state index in [1.54, 1.807) is 14.0 Å². The molecule has 0 saturated carbocycles. The Hall–Kier alpha value is -3.09. The van der Waals surface area contributed by atoms with Gasteiger partial charge in [0.25, 0.3) is 5.56 Å². The lowest BCUT2D eigenvalue weighted by molar-refractivity contribution is 0.636. The third-order valence-electron chi connectivity index (χ3n) is 5.13. The van der Waals surface area contributed by atoms with Crippen molar-refractivity contribution in [1.29, 1.82) is 0 Å². The van der Waals surface area contributed by atoms with Crippen LogP contribution in [-0.2, 0) is 13.6 Å². The fourth-order valence-corrected chi connectivity index (χ4v) is 3.53. The van der Waals surface area contributed by atoms with Gasteiger partial charge in [0.15, 0.2) is 11.2 Å². The highest BCUT2D eigenvalue weighted by atomic mass is 16.2. The van der Waals surface area contributed by atoms with Crippen LogP contribution in [0.1, 0.15) is 23.9 Å². The zero-order valence-electron chi connectivity index (χ0n) is 15.6. The molecule has 0 unspecified atom stereocenters. The van der Waals surface area contributed by atoms with Crippen molar-refractivity contribution in [2.24, 2.45) is 7.05 Å². The van der Waals surface area contributed by atoms with Gasteiger partial charge in [0.1, 0.15) is 0 Å². The number of fused-ring (bicyclic) bond motifs is 3. The Labute approximate surface area is 149 Å². The van der Waals surface area contributed by atoms with Gasteiger partial charge in [-0.05, 0) is 39.8 Å². The van der Waals surface area contributed by atoms with E-state index in [1.165, 1.54) is 14.7 Å². The number of aryl methyl sites for hydroxylation is 3. The molecule has 0 saturated heterocycles. The van der Waals surface area contributed by atoms with Crippen molar-refractivity contribution < 1.29 is 0 Å². The molecule has 0 aliphatic rings. The van der Waals surface area contributed by atoms with E-state index >= 15 is 0 Å². The summed E-state index contributed by atoms with van der Waals surface area (Å²) in [5, 5.41) is 0. The molecule has 7 nitrogen and oxygen atoms in total. The van der Waals surface area contributed by atoms with Crippen molar-refractivity contribution in [1.82, 2.24) is 23.1 Å². The molecule has 0 aliphatic heterocycles. The van der Waals surface area contributed by atoms with E-state index in [-0.39, 0.29) is 11.2 Å². The third-order valence-corrected chi connectivity index (χ3v) is 5.13. The van der Waals surface area contributed by atoms with Crippen molar-refractivity contribution in [3.05, 3.63) is 62.1 Å². The van der Waals surface area contributed by atoms with E-state index in [1.807, 2.05) is 54.0 Å². The summed E-state index contributed by atoms with van der Waals surface area (Å²) in [7, 11) is 1.65. The molecule has 0 fully saturated rings. The van der Waals surface area contributed by atoms with Crippen molar-refractivity contribution in [2.75, 3.05) is 0 Å². The number of hydrogen-bond donors (Lipinski definition) is 0. The number of nitrogens with zero attached hydrogens (tertiary/aromatic N) is 5. The number of imidazole rings is 2. The third kappa shape index (κ3) is 1.97. The smallest absolute Gasteiger partial charge is 0.283 e. The fourth-order valence-electron chi connectivity index (χ4n) is 3.53. The van der Waals surface area contributed by atoms with Crippen LogP contribution in [-0.4, -0.2) is 23.1 Å². The van der Waals surface area contributed by atoms with Crippen molar-refractivity contribution in [3.63, 3.8) is 0 Å². The number of rotatable bonds is 2. The zero-order valence-corrected chi connectivity index (χ0v) is 15.6. The normalized spacial score (nSPS) is 11.7. The molecule has 4 aromatic rings. The monoisotopic (exact) mass is 351 g/mol. The number of aromatic nitrogens is 5. The average Bonchev–Trinajstić information content (AvgIpc) is 3.11. The van der Waals surface area contributed by atoms with Crippen LogP contribution in [0, 0.1) is 20.8 Å². The Balaban J connectivity index is 2.23. The molecule has 7 heteroatoms. The highest BCUT2D eigenvalue weighted by Crippen LogP contribution is 2.24. The maximum atomic E-state index is 12.9. The quantitative estimate of drug-likeness (QED) is 0.555. The van der Waals surface area contributed by atoms with Gasteiger partial charge in [-0.3, -0.25) is 22.9 Å². The maximum Gasteiger partial charge on any atom is 0.332 e. The van der Waals surface area contributed by atoms with Gasteiger partial charge in [0.2, 0.25) is 5.78 Å². The first-order valence-corrected chi connectivity index (χ1v) is 8.63. The lowest BCUT2D eigenvalue weighted by atomic mass is 10.2.